The molecule has 2 saturated carbocycles. The lowest BCUT2D eigenvalue weighted by atomic mass is 9.67. The number of carbonyl (C=O) groups is 3. The van der Waals surface area contributed by atoms with Crippen molar-refractivity contribution in [1.29, 1.82) is 0 Å². The molecule has 0 radical (unpaired) electrons. The normalized spacial score (nSPS) is 24.9. The van der Waals surface area contributed by atoms with Gasteiger partial charge in [-0.25, -0.2) is 9.37 Å². The molecule has 3 fully saturated rings. The predicted molar refractivity (Wildman–Crippen MR) is 125 cm³/mol. The maximum Gasteiger partial charge on any atom is 0.270 e. The number of H-pyrrole nitrogens is 1. The molecule has 34 heavy (non-hydrogen) atoms. The second-order valence-corrected chi connectivity index (χ2v) is 10.3. The summed E-state index contributed by atoms with van der Waals surface area (Å²) in [5.41, 5.74) is 0.490. The van der Waals surface area contributed by atoms with Gasteiger partial charge in [0.1, 0.15) is 17.2 Å². The molecule has 1 saturated heterocycles. The van der Waals surface area contributed by atoms with Crippen LogP contribution in [0.1, 0.15) is 78.8 Å². The number of hydrogen-bond acceptors (Lipinski definition) is 4. The summed E-state index contributed by atoms with van der Waals surface area (Å²) in [7, 11) is 0. The number of aromatic amines is 1. The van der Waals surface area contributed by atoms with Gasteiger partial charge in [-0.05, 0) is 75.5 Å². The molecule has 0 unspecified atom stereocenters. The van der Waals surface area contributed by atoms with Crippen LogP contribution in [-0.4, -0.2) is 40.2 Å². The van der Waals surface area contributed by atoms with Crippen LogP contribution in [0.3, 0.4) is 0 Å². The lowest BCUT2D eigenvalue weighted by molar-refractivity contribution is -0.132. The minimum atomic E-state index is -0.490. The summed E-state index contributed by atoms with van der Waals surface area (Å²) < 4.78 is 13.5. The molecule has 1 aliphatic heterocycles. The number of aromatic nitrogens is 2. The minimum absolute atomic E-state index is 0.0264. The minimum Gasteiger partial charge on any atom is -0.348 e. The number of amides is 2. The van der Waals surface area contributed by atoms with Crippen LogP contribution in [0.5, 0.6) is 0 Å². The summed E-state index contributed by atoms with van der Waals surface area (Å²) in [5, 5.41) is 3.26. The van der Waals surface area contributed by atoms with Gasteiger partial charge in [0.25, 0.3) is 5.91 Å². The number of rotatable bonds is 6. The van der Waals surface area contributed by atoms with Crippen molar-refractivity contribution in [3.8, 4) is 0 Å². The Morgan fingerprint density at radius 1 is 1.21 bits per heavy atom. The average molecular weight is 487 g/mol. The maximum atomic E-state index is 13.5. The highest BCUT2D eigenvalue weighted by molar-refractivity contribution is 6.33. The zero-order valence-electron chi connectivity index (χ0n) is 18.9. The van der Waals surface area contributed by atoms with Gasteiger partial charge in [-0.1, -0.05) is 11.6 Å². The Morgan fingerprint density at radius 2 is 1.97 bits per heavy atom. The third-order valence-electron chi connectivity index (χ3n) is 7.52. The van der Waals surface area contributed by atoms with Crippen molar-refractivity contribution in [2.24, 2.45) is 11.3 Å². The summed E-state index contributed by atoms with van der Waals surface area (Å²) in [5.74, 6) is -0.402. The molecule has 2 aliphatic carbocycles. The Morgan fingerprint density at radius 3 is 2.68 bits per heavy atom. The quantitative estimate of drug-likeness (QED) is 0.580. The molecule has 9 heteroatoms. The number of anilines is 1. The first-order chi connectivity index (χ1) is 16.4. The zero-order chi connectivity index (χ0) is 23.9. The van der Waals surface area contributed by atoms with E-state index >= 15 is 0 Å². The van der Waals surface area contributed by atoms with E-state index in [9.17, 15) is 18.8 Å². The van der Waals surface area contributed by atoms with Gasteiger partial charge in [0.05, 0.1) is 17.0 Å². The van der Waals surface area contributed by atoms with E-state index < -0.39 is 11.2 Å². The van der Waals surface area contributed by atoms with Crippen molar-refractivity contribution in [3.05, 3.63) is 46.8 Å². The van der Waals surface area contributed by atoms with Crippen LogP contribution in [0, 0.1) is 17.2 Å². The van der Waals surface area contributed by atoms with Crippen LogP contribution < -0.4 is 10.2 Å². The van der Waals surface area contributed by atoms with Gasteiger partial charge in [0, 0.05) is 24.4 Å². The first-order valence-corrected chi connectivity index (χ1v) is 12.4. The summed E-state index contributed by atoms with van der Waals surface area (Å²) >= 11 is 6.24. The van der Waals surface area contributed by atoms with Gasteiger partial charge >= 0.3 is 0 Å². The van der Waals surface area contributed by atoms with Crippen molar-refractivity contribution in [3.63, 3.8) is 0 Å². The van der Waals surface area contributed by atoms with Crippen molar-refractivity contribution >= 4 is 34.9 Å². The molecule has 2 heterocycles. The van der Waals surface area contributed by atoms with E-state index in [2.05, 4.69) is 15.3 Å². The van der Waals surface area contributed by atoms with Crippen molar-refractivity contribution < 1.29 is 18.8 Å². The highest BCUT2D eigenvalue weighted by atomic mass is 35.5. The molecular formula is C25H28ClFN4O3. The van der Waals surface area contributed by atoms with Crippen molar-refractivity contribution in [2.45, 2.75) is 63.8 Å². The number of Topliss-reactive ketones (excluding diaryl/α,β-unsaturated/α-hetero) is 1. The van der Waals surface area contributed by atoms with Gasteiger partial charge in [-0.2, -0.15) is 0 Å². The van der Waals surface area contributed by atoms with E-state index in [1.54, 1.807) is 11.0 Å². The summed E-state index contributed by atoms with van der Waals surface area (Å²) in [6.07, 6.45) is 8.23. The number of carbonyl (C=O) groups excluding carboxylic acids is 3. The molecule has 1 aromatic carbocycles. The van der Waals surface area contributed by atoms with E-state index in [0.717, 1.165) is 25.7 Å². The van der Waals surface area contributed by atoms with E-state index in [-0.39, 0.29) is 40.0 Å². The SMILES string of the molecule is O=C(CC1CC1)c1nc[nH]c1C(=O)NC1CCC2(CCCN(c3ccc(F)cc3Cl)C2=O)CC1. The van der Waals surface area contributed by atoms with Crippen LogP contribution in [0.25, 0.3) is 0 Å². The Labute approximate surface area is 202 Å². The number of nitrogens with zero attached hydrogens (tertiary/aromatic N) is 2. The molecule has 2 N–H and O–H groups in total. The topological polar surface area (TPSA) is 95.2 Å². The number of hydrogen-bond donors (Lipinski definition) is 2. The van der Waals surface area contributed by atoms with Crippen LogP contribution in [0.2, 0.25) is 5.02 Å². The van der Waals surface area contributed by atoms with Gasteiger partial charge in [-0.3, -0.25) is 14.4 Å². The Kier molecular flexibility index (Phi) is 6.18. The highest BCUT2D eigenvalue weighted by Crippen LogP contribution is 2.46. The highest BCUT2D eigenvalue weighted by Gasteiger charge is 2.47. The zero-order valence-corrected chi connectivity index (χ0v) is 19.7. The summed E-state index contributed by atoms with van der Waals surface area (Å²) in [6.45, 7) is 0.559. The molecule has 3 aliphatic rings. The van der Waals surface area contributed by atoms with E-state index in [1.165, 1.54) is 18.5 Å². The third-order valence-corrected chi connectivity index (χ3v) is 7.82. The largest absolute Gasteiger partial charge is 0.348 e. The number of halogens is 2. The molecular weight excluding hydrogens is 459 g/mol. The first-order valence-electron chi connectivity index (χ1n) is 12.0. The molecule has 0 atom stereocenters. The van der Waals surface area contributed by atoms with Crippen LogP contribution >= 0.6 is 11.6 Å². The fourth-order valence-corrected chi connectivity index (χ4v) is 5.67. The Balaban J connectivity index is 1.22. The first kappa shape index (κ1) is 23.0. The van der Waals surface area contributed by atoms with Gasteiger partial charge in [0.2, 0.25) is 5.91 Å². The molecule has 7 nitrogen and oxygen atoms in total. The van der Waals surface area contributed by atoms with E-state index in [4.69, 9.17) is 11.6 Å². The number of benzene rings is 1. The lowest BCUT2D eigenvalue weighted by Crippen LogP contribution is -2.52. The molecule has 1 aromatic heterocycles. The maximum absolute atomic E-state index is 13.5. The van der Waals surface area contributed by atoms with Crippen LogP contribution in [-0.2, 0) is 4.79 Å². The Hall–Kier alpha value is -2.74. The monoisotopic (exact) mass is 486 g/mol. The number of imidazole rings is 1. The van der Waals surface area contributed by atoms with Gasteiger partial charge in [0.15, 0.2) is 5.78 Å². The molecule has 0 bridgehead atoms. The lowest BCUT2D eigenvalue weighted by Gasteiger charge is -2.45. The molecule has 5 rings (SSSR count). The van der Waals surface area contributed by atoms with E-state index in [0.29, 0.717) is 50.3 Å². The second-order valence-electron chi connectivity index (χ2n) is 9.88. The summed E-state index contributed by atoms with van der Waals surface area (Å²) in [6, 6.07) is 4.04. The average Bonchev–Trinajstić information content (AvgIpc) is 3.48. The molecule has 180 valence electrons. The smallest absolute Gasteiger partial charge is 0.270 e. The molecule has 2 amide bonds. The Bertz CT molecular complexity index is 1120. The van der Waals surface area contributed by atoms with Gasteiger partial charge in [-0.15, -0.1) is 0 Å². The molecule has 1 spiro atoms. The van der Waals surface area contributed by atoms with Crippen LogP contribution in [0.4, 0.5) is 10.1 Å². The number of ketones is 1. The standard InChI is InChI=1S/C25H28ClFN4O3/c26-18-13-16(27)4-5-19(18)31-11-1-8-25(24(31)34)9-6-17(7-10-25)30-23(33)22-21(28-14-29-22)20(32)12-15-2-3-15/h4-5,13-15,17H,1-3,6-12H2,(H,28,29)(H,30,33). The fraction of sp³-hybridized carbons (Fsp3) is 0.520. The second kappa shape index (κ2) is 9.13. The van der Waals surface area contributed by atoms with Crippen LogP contribution in [0.15, 0.2) is 24.5 Å². The number of piperidine rings is 1. The summed E-state index contributed by atoms with van der Waals surface area (Å²) in [4.78, 5) is 47.4. The van der Waals surface area contributed by atoms with Crippen molar-refractivity contribution in [2.75, 3.05) is 11.4 Å². The third kappa shape index (κ3) is 4.48. The molecule has 2 aromatic rings. The van der Waals surface area contributed by atoms with E-state index in [1.807, 2.05) is 0 Å². The predicted octanol–water partition coefficient (Wildman–Crippen LogP) is 4.67. The number of nitrogens with one attached hydrogen (secondary N) is 2. The van der Waals surface area contributed by atoms with Crippen molar-refractivity contribution in [1.82, 2.24) is 15.3 Å². The van der Waals surface area contributed by atoms with Gasteiger partial charge < -0.3 is 15.2 Å². The fourth-order valence-electron chi connectivity index (χ4n) is 5.40.